The summed E-state index contributed by atoms with van der Waals surface area (Å²) in [6.07, 6.45) is 0.854. The molecule has 0 saturated heterocycles. The topological polar surface area (TPSA) is 70.4 Å². The number of rotatable bonds is 6. The fourth-order valence-corrected chi connectivity index (χ4v) is 3.27. The lowest BCUT2D eigenvalue weighted by Crippen LogP contribution is -2.49. The highest BCUT2D eigenvalue weighted by Crippen LogP contribution is 2.25. The van der Waals surface area contributed by atoms with Crippen molar-refractivity contribution in [1.82, 2.24) is 4.31 Å². The Kier molecular flexibility index (Phi) is 6.86. The SMILES string of the molecule is CC(OC(CC#N)CN(C(C)(C)C)S(C)(=O)=O)C(C)(C)C. The predicted molar refractivity (Wildman–Crippen MR) is 85.3 cm³/mol. The number of sulfonamides is 1. The smallest absolute Gasteiger partial charge is 0.211 e. The number of nitrogens with zero attached hydrogens (tertiary/aromatic N) is 2. The fraction of sp³-hybridized carbons (Fsp3) is 0.933. The largest absolute Gasteiger partial charge is 0.372 e. The molecule has 21 heavy (non-hydrogen) atoms. The molecule has 0 aliphatic carbocycles. The average Bonchev–Trinajstić information content (AvgIpc) is 2.21. The molecule has 2 atom stereocenters. The van der Waals surface area contributed by atoms with E-state index < -0.39 is 21.7 Å². The van der Waals surface area contributed by atoms with E-state index in [9.17, 15) is 8.42 Å². The number of nitriles is 1. The molecule has 0 aromatic rings. The molecule has 0 bridgehead atoms. The van der Waals surface area contributed by atoms with Crippen molar-refractivity contribution in [2.75, 3.05) is 12.8 Å². The van der Waals surface area contributed by atoms with Crippen molar-refractivity contribution in [2.24, 2.45) is 5.41 Å². The summed E-state index contributed by atoms with van der Waals surface area (Å²) in [4.78, 5) is 0. The van der Waals surface area contributed by atoms with Gasteiger partial charge in [0.2, 0.25) is 10.0 Å². The van der Waals surface area contributed by atoms with E-state index in [0.29, 0.717) is 0 Å². The first-order valence-electron chi connectivity index (χ1n) is 7.20. The maximum absolute atomic E-state index is 12.0. The van der Waals surface area contributed by atoms with Gasteiger partial charge in [0.05, 0.1) is 31.0 Å². The van der Waals surface area contributed by atoms with Gasteiger partial charge in [-0.05, 0) is 33.1 Å². The second kappa shape index (κ2) is 7.08. The zero-order valence-electron chi connectivity index (χ0n) is 14.6. The average molecular weight is 318 g/mol. The first-order valence-corrected chi connectivity index (χ1v) is 9.04. The van der Waals surface area contributed by atoms with Gasteiger partial charge in [0.1, 0.15) is 0 Å². The van der Waals surface area contributed by atoms with Gasteiger partial charge in [-0.2, -0.15) is 9.57 Å². The highest BCUT2D eigenvalue weighted by Gasteiger charge is 2.33. The zero-order chi connectivity index (χ0) is 17.1. The normalized spacial score (nSPS) is 16.6. The molecular weight excluding hydrogens is 288 g/mol. The van der Waals surface area contributed by atoms with Gasteiger partial charge in [0.15, 0.2) is 0 Å². The molecular formula is C15H30N2O3S. The van der Waals surface area contributed by atoms with Gasteiger partial charge in [0, 0.05) is 12.1 Å². The van der Waals surface area contributed by atoms with Crippen LogP contribution in [0, 0.1) is 16.7 Å². The number of hydrogen-bond donors (Lipinski definition) is 0. The van der Waals surface area contributed by atoms with Crippen LogP contribution in [0.25, 0.3) is 0 Å². The van der Waals surface area contributed by atoms with Crippen LogP contribution in [-0.4, -0.2) is 43.3 Å². The maximum atomic E-state index is 12.0. The van der Waals surface area contributed by atoms with E-state index in [-0.39, 0.29) is 24.5 Å². The number of hydrogen-bond acceptors (Lipinski definition) is 4. The van der Waals surface area contributed by atoms with Gasteiger partial charge >= 0.3 is 0 Å². The monoisotopic (exact) mass is 318 g/mol. The molecule has 5 nitrogen and oxygen atoms in total. The molecule has 0 heterocycles. The van der Waals surface area contributed by atoms with Crippen LogP contribution in [0.1, 0.15) is 54.9 Å². The highest BCUT2D eigenvalue weighted by molar-refractivity contribution is 7.88. The Bertz CT molecular complexity index is 467. The summed E-state index contributed by atoms with van der Waals surface area (Å²) in [6.45, 7) is 13.8. The molecule has 0 aliphatic rings. The molecule has 0 rings (SSSR count). The Hall–Kier alpha value is -0.640. The standard InChI is InChI=1S/C15H30N2O3S/c1-12(14(2,3)4)20-13(9-10-16)11-17(15(5,6)7)21(8,18)19/h12-13H,9,11H2,1-8H3. The van der Waals surface area contributed by atoms with E-state index in [2.05, 4.69) is 26.8 Å². The summed E-state index contributed by atoms with van der Waals surface area (Å²) < 4.78 is 31.3. The van der Waals surface area contributed by atoms with Crippen molar-refractivity contribution in [3.8, 4) is 6.07 Å². The molecule has 0 N–H and O–H groups in total. The molecule has 0 aromatic carbocycles. The van der Waals surface area contributed by atoms with Gasteiger partial charge in [-0.25, -0.2) is 8.42 Å². The quantitative estimate of drug-likeness (QED) is 0.755. The molecule has 0 amide bonds. The van der Waals surface area contributed by atoms with E-state index in [1.165, 1.54) is 10.6 Å². The van der Waals surface area contributed by atoms with Crippen molar-refractivity contribution in [3.05, 3.63) is 0 Å². The van der Waals surface area contributed by atoms with E-state index >= 15 is 0 Å². The predicted octanol–water partition coefficient (Wildman–Crippen LogP) is 2.78. The Morgan fingerprint density at radius 3 is 1.95 bits per heavy atom. The second-order valence-corrected chi connectivity index (χ2v) is 9.50. The summed E-state index contributed by atoms with van der Waals surface area (Å²) >= 11 is 0. The van der Waals surface area contributed by atoms with Gasteiger partial charge in [-0.1, -0.05) is 20.8 Å². The molecule has 0 saturated carbocycles. The first kappa shape index (κ1) is 20.4. The summed E-state index contributed by atoms with van der Waals surface area (Å²) in [5, 5.41) is 8.97. The molecule has 2 unspecified atom stereocenters. The third-order valence-electron chi connectivity index (χ3n) is 3.45. The van der Waals surface area contributed by atoms with Crippen molar-refractivity contribution in [1.29, 1.82) is 5.26 Å². The highest BCUT2D eigenvalue weighted by atomic mass is 32.2. The molecule has 0 aliphatic heterocycles. The van der Waals surface area contributed by atoms with Crippen molar-refractivity contribution in [2.45, 2.75) is 72.6 Å². The molecule has 0 fully saturated rings. The summed E-state index contributed by atoms with van der Waals surface area (Å²) in [5.41, 5.74) is -0.610. The van der Waals surface area contributed by atoms with E-state index in [1.807, 2.05) is 27.7 Å². The van der Waals surface area contributed by atoms with E-state index in [0.717, 1.165) is 0 Å². The van der Waals surface area contributed by atoms with Crippen LogP contribution in [0.5, 0.6) is 0 Å². The Morgan fingerprint density at radius 2 is 1.67 bits per heavy atom. The Morgan fingerprint density at radius 1 is 1.19 bits per heavy atom. The Balaban J connectivity index is 5.19. The number of ether oxygens (including phenoxy) is 1. The summed E-state index contributed by atoms with van der Waals surface area (Å²) in [5.74, 6) is 0. The van der Waals surface area contributed by atoms with Crippen molar-refractivity contribution >= 4 is 10.0 Å². The van der Waals surface area contributed by atoms with Crippen molar-refractivity contribution in [3.63, 3.8) is 0 Å². The molecule has 124 valence electrons. The summed E-state index contributed by atoms with van der Waals surface area (Å²) in [7, 11) is -3.36. The third-order valence-corrected chi connectivity index (χ3v) is 4.95. The van der Waals surface area contributed by atoms with Crippen LogP contribution in [0.4, 0.5) is 0 Å². The minimum absolute atomic E-state index is 0.0641. The van der Waals surface area contributed by atoms with E-state index in [4.69, 9.17) is 10.00 Å². The maximum Gasteiger partial charge on any atom is 0.211 e. The van der Waals surface area contributed by atoms with Gasteiger partial charge in [-0.3, -0.25) is 0 Å². The van der Waals surface area contributed by atoms with Crippen LogP contribution in [0.3, 0.4) is 0 Å². The van der Waals surface area contributed by atoms with Gasteiger partial charge in [-0.15, -0.1) is 0 Å². The van der Waals surface area contributed by atoms with Crippen LogP contribution < -0.4 is 0 Å². The minimum atomic E-state index is -3.36. The van der Waals surface area contributed by atoms with Crippen molar-refractivity contribution < 1.29 is 13.2 Å². The molecule has 6 heteroatoms. The van der Waals surface area contributed by atoms with Crippen LogP contribution >= 0.6 is 0 Å². The lowest BCUT2D eigenvalue weighted by molar-refractivity contribution is -0.0628. The molecule has 0 radical (unpaired) electrons. The van der Waals surface area contributed by atoms with Crippen LogP contribution in [-0.2, 0) is 14.8 Å². The van der Waals surface area contributed by atoms with Crippen LogP contribution in [0.2, 0.25) is 0 Å². The lowest BCUT2D eigenvalue weighted by atomic mass is 9.90. The second-order valence-electron chi connectivity index (χ2n) is 7.59. The third kappa shape index (κ3) is 7.25. The zero-order valence-corrected chi connectivity index (χ0v) is 15.4. The first-order chi connectivity index (χ1) is 9.19. The summed E-state index contributed by atoms with van der Waals surface area (Å²) in [6, 6.07) is 2.09. The minimum Gasteiger partial charge on any atom is -0.372 e. The molecule has 0 spiro atoms. The van der Waals surface area contributed by atoms with Gasteiger partial charge < -0.3 is 4.74 Å². The fourth-order valence-electron chi connectivity index (χ4n) is 1.84. The van der Waals surface area contributed by atoms with Gasteiger partial charge in [0.25, 0.3) is 0 Å². The van der Waals surface area contributed by atoms with Crippen LogP contribution in [0.15, 0.2) is 0 Å². The van der Waals surface area contributed by atoms with E-state index in [1.54, 1.807) is 0 Å². The Labute approximate surface area is 130 Å². The molecule has 0 aromatic heterocycles. The lowest BCUT2D eigenvalue weighted by Gasteiger charge is -2.37.